The maximum Gasteiger partial charge on any atom is 0.265 e. The van der Waals surface area contributed by atoms with E-state index in [9.17, 15) is 9.59 Å². The number of hydrogen-bond donors (Lipinski definition) is 2. The minimum absolute atomic E-state index is 0.0957. The quantitative estimate of drug-likeness (QED) is 0.592. The van der Waals surface area contributed by atoms with Gasteiger partial charge < -0.3 is 15.4 Å². The molecule has 1 aliphatic heterocycles. The van der Waals surface area contributed by atoms with Gasteiger partial charge in [0.25, 0.3) is 11.8 Å². The zero-order valence-corrected chi connectivity index (χ0v) is 17.9. The molecule has 7 heteroatoms. The number of amides is 2. The van der Waals surface area contributed by atoms with E-state index in [2.05, 4.69) is 27.7 Å². The second kappa shape index (κ2) is 10.3. The summed E-state index contributed by atoms with van der Waals surface area (Å²) in [6.07, 6.45) is 0. The Morgan fingerprint density at radius 2 is 1.68 bits per heavy atom. The highest BCUT2D eigenvalue weighted by Crippen LogP contribution is 2.21. The Kier molecular flexibility index (Phi) is 7.09. The van der Waals surface area contributed by atoms with Crippen molar-refractivity contribution in [2.75, 3.05) is 38.2 Å². The molecule has 0 radical (unpaired) electrons. The van der Waals surface area contributed by atoms with Crippen LogP contribution in [0.4, 0.5) is 5.69 Å². The van der Waals surface area contributed by atoms with Crippen LogP contribution in [0, 0.1) is 0 Å². The van der Waals surface area contributed by atoms with Gasteiger partial charge in [-0.3, -0.25) is 14.5 Å². The van der Waals surface area contributed by atoms with Crippen molar-refractivity contribution in [3.63, 3.8) is 0 Å². The predicted molar refractivity (Wildman–Crippen MR) is 123 cm³/mol. The first kappa shape index (κ1) is 21.2. The molecule has 2 aromatic carbocycles. The van der Waals surface area contributed by atoms with Gasteiger partial charge in [0.15, 0.2) is 0 Å². The average Bonchev–Trinajstić information content (AvgIpc) is 3.36. The van der Waals surface area contributed by atoms with Gasteiger partial charge in [0.05, 0.1) is 24.1 Å². The molecule has 6 nitrogen and oxygen atoms in total. The van der Waals surface area contributed by atoms with Crippen molar-refractivity contribution in [2.45, 2.75) is 6.04 Å². The lowest BCUT2D eigenvalue weighted by Crippen LogP contribution is -2.43. The lowest BCUT2D eigenvalue weighted by Gasteiger charge is -2.35. The number of nitrogens with zero attached hydrogens (tertiary/aromatic N) is 1. The fraction of sp³-hybridized carbons (Fsp3) is 0.250. The highest BCUT2D eigenvalue weighted by atomic mass is 32.1. The molecule has 0 spiro atoms. The summed E-state index contributed by atoms with van der Waals surface area (Å²) in [6.45, 7) is 3.60. The highest BCUT2D eigenvalue weighted by molar-refractivity contribution is 7.12. The van der Waals surface area contributed by atoms with E-state index in [4.69, 9.17) is 4.74 Å². The number of nitrogens with one attached hydrogen (secondary N) is 2. The van der Waals surface area contributed by atoms with Crippen molar-refractivity contribution in [1.82, 2.24) is 10.2 Å². The summed E-state index contributed by atoms with van der Waals surface area (Å²) < 4.78 is 5.48. The van der Waals surface area contributed by atoms with Crippen LogP contribution in [0.5, 0.6) is 0 Å². The summed E-state index contributed by atoms with van der Waals surface area (Å²) in [5.41, 5.74) is 2.39. The van der Waals surface area contributed by atoms with Crippen LogP contribution < -0.4 is 10.6 Å². The molecule has 1 atom stereocenters. The molecule has 2 heterocycles. The first-order valence-electron chi connectivity index (χ1n) is 10.3. The molecule has 1 fully saturated rings. The van der Waals surface area contributed by atoms with Gasteiger partial charge in [0.2, 0.25) is 0 Å². The average molecular weight is 436 g/mol. The molecule has 1 unspecified atom stereocenters. The molecule has 1 aliphatic rings. The van der Waals surface area contributed by atoms with Gasteiger partial charge in [-0.2, -0.15) is 0 Å². The van der Waals surface area contributed by atoms with Crippen LogP contribution >= 0.6 is 11.3 Å². The molecule has 31 heavy (non-hydrogen) atoms. The number of thiophene rings is 1. The highest BCUT2D eigenvalue weighted by Gasteiger charge is 2.23. The number of carbonyl (C=O) groups is 2. The molecule has 0 aliphatic carbocycles. The molecule has 2 N–H and O–H groups in total. The van der Waals surface area contributed by atoms with Crippen LogP contribution in [0.2, 0.25) is 0 Å². The lowest BCUT2D eigenvalue weighted by atomic mass is 10.0. The lowest BCUT2D eigenvalue weighted by molar-refractivity contribution is 0.0162. The first-order chi connectivity index (χ1) is 15.2. The van der Waals surface area contributed by atoms with Gasteiger partial charge in [-0.1, -0.05) is 36.4 Å². The van der Waals surface area contributed by atoms with Crippen LogP contribution in [-0.2, 0) is 4.74 Å². The summed E-state index contributed by atoms with van der Waals surface area (Å²) in [4.78, 5) is 27.9. The third-order valence-corrected chi connectivity index (χ3v) is 6.15. The standard InChI is InChI=1S/C24H25N3O3S/c28-23(19-8-10-20(11-9-19)26-24(29)22-7-4-16-31-22)25-17-21(18-5-2-1-3-6-18)27-12-14-30-15-13-27/h1-11,16,21H,12-15,17H2,(H,25,28)(H,26,29). The molecule has 3 aromatic rings. The van der Waals surface area contributed by atoms with Crippen molar-refractivity contribution in [1.29, 1.82) is 0 Å². The second-order valence-electron chi connectivity index (χ2n) is 7.29. The number of hydrogen-bond acceptors (Lipinski definition) is 5. The summed E-state index contributed by atoms with van der Waals surface area (Å²) in [6, 6.07) is 20.9. The maximum atomic E-state index is 12.7. The Hall–Kier alpha value is -3.00. The van der Waals surface area contributed by atoms with Crippen LogP contribution in [0.3, 0.4) is 0 Å². The van der Waals surface area contributed by atoms with Crippen molar-refractivity contribution >= 4 is 28.8 Å². The Morgan fingerprint density at radius 1 is 0.935 bits per heavy atom. The van der Waals surface area contributed by atoms with Crippen LogP contribution in [0.25, 0.3) is 0 Å². The summed E-state index contributed by atoms with van der Waals surface area (Å²) in [5.74, 6) is -0.284. The largest absolute Gasteiger partial charge is 0.379 e. The van der Waals surface area contributed by atoms with E-state index >= 15 is 0 Å². The Morgan fingerprint density at radius 3 is 2.35 bits per heavy atom. The van der Waals surface area contributed by atoms with Crippen molar-refractivity contribution < 1.29 is 14.3 Å². The van der Waals surface area contributed by atoms with Crippen molar-refractivity contribution in [2.24, 2.45) is 0 Å². The van der Waals surface area contributed by atoms with E-state index in [0.717, 1.165) is 13.1 Å². The number of carbonyl (C=O) groups excluding carboxylic acids is 2. The Balaban J connectivity index is 1.37. The van der Waals surface area contributed by atoms with E-state index in [0.29, 0.717) is 35.9 Å². The van der Waals surface area contributed by atoms with Gasteiger partial charge in [0.1, 0.15) is 0 Å². The van der Waals surface area contributed by atoms with Crippen LogP contribution in [0.15, 0.2) is 72.1 Å². The summed E-state index contributed by atoms with van der Waals surface area (Å²) in [7, 11) is 0. The van der Waals surface area contributed by atoms with Gasteiger partial charge in [-0.25, -0.2) is 0 Å². The zero-order valence-electron chi connectivity index (χ0n) is 17.1. The number of morpholine rings is 1. The van der Waals surface area contributed by atoms with E-state index in [-0.39, 0.29) is 17.9 Å². The number of ether oxygens (including phenoxy) is 1. The van der Waals surface area contributed by atoms with Crippen LogP contribution in [0.1, 0.15) is 31.6 Å². The molecular weight excluding hydrogens is 410 g/mol. The molecule has 1 saturated heterocycles. The number of benzene rings is 2. The number of anilines is 1. The van der Waals surface area contributed by atoms with E-state index in [1.165, 1.54) is 16.9 Å². The molecule has 2 amide bonds. The third-order valence-electron chi connectivity index (χ3n) is 5.28. The third kappa shape index (κ3) is 5.58. The Bertz CT molecular complexity index is 985. The molecule has 0 saturated carbocycles. The van der Waals surface area contributed by atoms with E-state index in [1.54, 1.807) is 30.3 Å². The SMILES string of the molecule is O=C(NCC(c1ccccc1)N1CCOCC1)c1ccc(NC(=O)c2cccs2)cc1. The van der Waals surface area contributed by atoms with Gasteiger partial charge in [-0.15, -0.1) is 11.3 Å². The van der Waals surface area contributed by atoms with Gasteiger partial charge in [0, 0.05) is 30.9 Å². The fourth-order valence-corrected chi connectivity index (χ4v) is 4.24. The monoisotopic (exact) mass is 435 g/mol. The zero-order chi connectivity index (χ0) is 21.5. The fourth-order valence-electron chi connectivity index (χ4n) is 3.62. The molecule has 4 rings (SSSR count). The van der Waals surface area contributed by atoms with Crippen LogP contribution in [-0.4, -0.2) is 49.6 Å². The van der Waals surface area contributed by atoms with E-state index in [1.807, 2.05) is 29.6 Å². The van der Waals surface area contributed by atoms with Crippen molar-refractivity contribution in [3.8, 4) is 0 Å². The molecule has 0 bridgehead atoms. The van der Waals surface area contributed by atoms with E-state index < -0.39 is 0 Å². The smallest absolute Gasteiger partial charge is 0.265 e. The molecule has 160 valence electrons. The summed E-state index contributed by atoms with van der Waals surface area (Å²) >= 11 is 1.39. The maximum absolute atomic E-state index is 12.7. The normalized spacial score (nSPS) is 15.2. The summed E-state index contributed by atoms with van der Waals surface area (Å²) in [5, 5.41) is 7.78. The topological polar surface area (TPSA) is 70.7 Å². The minimum Gasteiger partial charge on any atom is -0.379 e. The first-order valence-corrected chi connectivity index (χ1v) is 11.2. The number of rotatable bonds is 7. The van der Waals surface area contributed by atoms with Gasteiger partial charge >= 0.3 is 0 Å². The predicted octanol–water partition coefficient (Wildman–Crippen LogP) is 3.80. The molecule has 1 aromatic heterocycles. The Labute approximate surface area is 185 Å². The molecular formula is C24H25N3O3S. The van der Waals surface area contributed by atoms with Gasteiger partial charge in [-0.05, 0) is 41.3 Å². The minimum atomic E-state index is -0.150. The van der Waals surface area contributed by atoms with Crippen molar-refractivity contribution in [3.05, 3.63) is 88.1 Å². The second-order valence-corrected chi connectivity index (χ2v) is 8.24.